The molecule has 2 aromatic rings. The quantitative estimate of drug-likeness (QED) is 0.910. The van der Waals surface area contributed by atoms with Gasteiger partial charge < -0.3 is 10.3 Å². The van der Waals surface area contributed by atoms with E-state index in [1.54, 1.807) is 0 Å². The SMILES string of the molecule is CCC1CCCC(NCc2nc3ccsc3c(=O)[nH]2)C1. The highest BCUT2D eigenvalue weighted by Crippen LogP contribution is 2.26. The number of nitrogens with zero attached hydrogens (tertiary/aromatic N) is 1. The summed E-state index contributed by atoms with van der Waals surface area (Å²) in [5.74, 6) is 1.60. The number of H-pyrrole nitrogens is 1. The first-order chi connectivity index (χ1) is 9.76. The summed E-state index contributed by atoms with van der Waals surface area (Å²) >= 11 is 1.45. The average Bonchev–Trinajstić information content (AvgIpc) is 2.94. The minimum Gasteiger partial charge on any atom is -0.308 e. The van der Waals surface area contributed by atoms with Gasteiger partial charge in [0, 0.05) is 6.04 Å². The molecule has 2 heterocycles. The van der Waals surface area contributed by atoms with Crippen LogP contribution in [0.25, 0.3) is 10.2 Å². The van der Waals surface area contributed by atoms with Crippen molar-refractivity contribution in [3.05, 3.63) is 27.6 Å². The standard InChI is InChI=1S/C15H21N3OS/c1-2-10-4-3-5-11(8-10)16-9-13-17-12-6-7-20-14(12)15(19)18-13/h6-7,10-11,16H,2-5,8-9H2,1H3,(H,17,18,19). The smallest absolute Gasteiger partial charge is 0.268 e. The molecular formula is C15H21N3OS. The van der Waals surface area contributed by atoms with Crippen molar-refractivity contribution in [1.82, 2.24) is 15.3 Å². The molecule has 2 N–H and O–H groups in total. The molecule has 4 nitrogen and oxygen atoms in total. The number of aromatic amines is 1. The van der Waals surface area contributed by atoms with Gasteiger partial charge in [-0.15, -0.1) is 11.3 Å². The van der Waals surface area contributed by atoms with E-state index in [2.05, 4.69) is 22.2 Å². The molecule has 1 aliphatic rings. The van der Waals surface area contributed by atoms with E-state index in [0.29, 0.717) is 12.6 Å². The topological polar surface area (TPSA) is 57.8 Å². The van der Waals surface area contributed by atoms with Gasteiger partial charge in [0.25, 0.3) is 5.56 Å². The molecule has 0 amide bonds. The zero-order valence-corrected chi connectivity index (χ0v) is 12.6. The Kier molecular flexibility index (Phi) is 4.17. The van der Waals surface area contributed by atoms with Crippen LogP contribution in [0.1, 0.15) is 44.9 Å². The minimum atomic E-state index is -0.0168. The summed E-state index contributed by atoms with van der Waals surface area (Å²) in [7, 11) is 0. The van der Waals surface area contributed by atoms with Crippen molar-refractivity contribution >= 4 is 21.6 Å². The van der Waals surface area contributed by atoms with Crippen LogP contribution in [0.2, 0.25) is 0 Å². The summed E-state index contributed by atoms with van der Waals surface area (Å²) in [5, 5.41) is 5.47. The summed E-state index contributed by atoms with van der Waals surface area (Å²) in [6.07, 6.45) is 6.44. The van der Waals surface area contributed by atoms with E-state index in [-0.39, 0.29) is 5.56 Å². The van der Waals surface area contributed by atoms with E-state index in [0.717, 1.165) is 22.0 Å². The molecule has 0 saturated heterocycles. The molecule has 1 fully saturated rings. The third-order valence-corrected chi connectivity index (χ3v) is 5.18. The Morgan fingerprint density at radius 2 is 2.40 bits per heavy atom. The number of fused-ring (bicyclic) bond motifs is 1. The zero-order chi connectivity index (χ0) is 13.9. The van der Waals surface area contributed by atoms with Crippen LogP contribution in [0.3, 0.4) is 0 Å². The van der Waals surface area contributed by atoms with Gasteiger partial charge in [-0.3, -0.25) is 4.79 Å². The lowest BCUT2D eigenvalue weighted by Crippen LogP contribution is -2.34. The fraction of sp³-hybridized carbons (Fsp3) is 0.600. The average molecular weight is 291 g/mol. The van der Waals surface area contributed by atoms with Crippen LogP contribution in [-0.4, -0.2) is 16.0 Å². The Labute approximate surface area is 122 Å². The first-order valence-electron chi connectivity index (χ1n) is 7.46. The molecule has 5 heteroatoms. The molecule has 0 aliphatic heterocycles. The maximum atomic E-state index is 11.9. The maximum Gasteiger partial charge on any atom is 0.268 e. The highest BCUT2D eigenvalue weighted by molar-refractivity contribution is 7.17. The van der Waals surface area contributed by atoms with Gasteiger partial charge in [0.2, 0.25) is 0 Å². The molecule has 1 aliphatic carbocycles. The van der Waals surface area contributed by atoms with Crippen LogP contribution < -0.4 is 10.9 Å². The first kappa shape index (κ1) is 13.8. The highest BCUT2D eigenvalue weighted by Gasteiger charge is 2.20. The molecule has 0 radical (unpaired) electrons. The Morgan fingerprint density at radius 1 is 1.50 bits per heavy atom. The van der Waals surface area contributed by atoms with E-state index in [1.807, 2.05) is 11.4 Å². The lowest BCUT2D eigenvalue weighted by Gasteiger charge is -2.29. The van der Waals surface area contributed by atoms with Crippen molar-refractivity contribution in [2.24, 2.45) is 5.92 Å². The number of aromatic nitrogens is 2. The van der Waals surface area contributed by atoms with Crippen LogP contribution in [0.5, 0.6) is 0 Å². The number of rotatable bonds is 4. The second-order valence-electron chi connectivity index (χ2n) is 5.67. The fourth-order valence-corrected chi connectivity index (χ4v) is 3.82. The Balaban J connectivity index is 1.66. The molecule has 108 valence electrons. The summed E-state index contributed by atoms with van der Waals surface area (Å²) < 4.78 is 0.720. The van der Waals surface area contributed by atoms with Crippen LogP contribution in [0.15, 0.2) is 16.2 Å². The summed E-state index contributed by atoms with van der Waals surface area (Å²) in [6, 6.07) is 2.48. The molecule has 0 bridgehead atoms. The predicted octanol–water partition coefficient (Wildman–Crippen LogP) is 3.04. The molecule has 2 atom stereocenters. The predicted molar refractivity (Wildman–Crippen MR) is 83.1 cm³/mol. The molecule has 2 aromatic heterocycles. The Bertz CT molecular complexity index is 633. The van der Waals surface area contributed by atoms with E-state index < -0.39 is 0 Å². The van der Waals surface area contributed by atoms with Crippen molar-refractivity contribution in [1.29, 1.82) is 0 Å². The lowest BCUT2D eigenvalue weighted by molar-refractivity contribution is 0.277. The van der Waals surface area contributed by atoms with Gasteiger partial charge in [-0.25, -0.2) is 4.98 Å². The maximum absolute atomic E-state index is 11.9. The second-order valence-corrected chi connectivity index (χ2v) is 6.58. The molecule has 20 heavy (non-hydrogen) atoms. The Morgan fingerprint density at radius 3 is 3.25 bits per heavy atom. The van der Waals surface area contributed by atoms with Crippen LogP contribution in [-0.2, 0) is 6.54 Å². The van der Waals surface area contributed by atoms with E-state index >= 15 is 0 Å². The van der Waals surface area contributed by atoms with Gasteiger partial charge in [-0.2, -0.15) is 0 Å². The fourth-order valence-electron chi connectivity index (χ4n) is 3.09. The zero-order valence-electron chi connectivity index (χ0n) is 11.8. The van der Waals surface area contributed by atoms with Crippen LogP contribution in [0, 0.1) is 5.92 Å². The summed E-state index contributed by atoms with van der Waals surface area (Å²) in [4.78, 5) is 19.3. The van der Waals surface area contributed by atoms with Crippen LogP contribution in [0.4, 0.5) is 0 Å². The van der Waals surface area contributed by atoms with Crippen molar-refractivity contribution in [3.63, 3.8) is 0 Å². The second kappa shape index (κ2) is 6.06. The Hall–Kier alpha value is -1.20. The van der Waals surface area contributed by atoms with E-state index in [9.17, 15) is 4.79 Å². The summed E-state index contributed by atoms with van der Waals surface area (Å²) in [5.41, 5.74) is 0.794. The highest BCUT2D eigenvalue weighted by atomic mass is 32.1. The molecule has 0 aromatic carbocycles. The third-order valence-electron chi connectivity index (χ3n) is 4.28. The lowest BCUT2D eigenvalue weighted by atomic mass is 9.84. The first-order valence-corrected chi connectivity index (χ1v) is 8.34. The van der Waals surface area contributed by atoms with Gasteiger partial charge in [-0.1, -0.05) is 26.2 Å². The number of nitrogens with one attached hydrogen (secondary N) is 2. The molecule has 1 saturated carbocycles. The molecule has 2 unspecified atom stereocenters. The van der Waals surface area contributed by atoms with Crippen molar-refractivity contribution in [3.8, 4) is 0 Å². The monoisotopic (exact) mass is 291 g/mol. The molecule has 3 rings (SSSR count). The third kappa shape index (κ3) is 2.94. The van der Waals surface area contributed by atoms with E-state index in [1.165, 1.54) is 43.4 Å². The van der Waals surface area contributed by atoms with Gasteiger partial charge in [0.15, 0.2) is 0 Å². The largest absolute Gasteiger partial charge is 0.308 e. The summed E-state index contributed by atoms with van der Waals surface area (Å²) in [6.45, 7) is 2.93. The van der Waals surface area contributed by atoms with Gasteiger partial charge in [0.05, 0.1) is 12.1 Å². The normalized spacial score (nSPS) is 23.2. The van der Waals surface area contributed by atoms with E-state index in [4.69, 9.17) is 0 Å². The molecular weight excluding hydrogens is 270 g/mol. The molecule has 0 spiro atoms. The number of hydrogen-bond acceptors (Lipinski definition) is 4. The van der Waals surface area contributed by atoms with Gasteiger partial charge in [-0.05, 0) is 30.2 Å². The minimum absolute atomic E-state index is 0.0168. The van der Waals surface area contributed by atoms with Crippen molar-refractivity contribution < 1.29 is 0 Å². The number of hydrogen-bond donors (Lipinski definition) is 2. The number of thiophene rings is 1. The van der Waals surface area contributed by atoms with Crippen molar-refractivity contribution in [2.75, 3.05) is 0 Å². The van der Waals surface area contributed by atoms with Crippen LogP contribution >= 0.6 is 11.3 Å². The van der Waals surface area contributed by atoms with Gasteiger partial charge >= 0.3 is 0 Å². The van der Waals surface area contributed by atoms with Crippen molar-refractivity contribution in [2.45, 2.75) is 51.6 Å². The van der Waals surface area contributed by atoms with Gasteiger partial charge in [0.1, 0.15) is 10.5 Å².